The molecule has 128 valence electrons. The molecule has 0 aromatic heterocycles. The normalized spacial score (nSPS) is 28.1. The third-order valence-corrected chi connectivity index (χ3v) is 4.68. The van der Waals surface area contributed by atoms with E-state index in [0.717, 1.165) is 58.4 Å². The largest absolute Gasteiger partial charge is 0.381 e. The number of hydrogen-bond acceptors (Lipinski definition) is 4. The lowest BCUT2D eigenvalue weighted by molar-refractivity contribution is 0.119. The number of ether oxygens (including phenoxy) is 1. The molecule has 0 saturated carbocycles. The monoisotopic (exact) mass is 311 g/mol. The van der Waals surface area contributed by atoms with Crippen LogP contribution in [0.3, 0.4) is 0 Å². The zero-order chi connectivity index (χ0) is 15.9. The van der Waals surface area contributed by atoms with Gasteiger partial charge in [-0.3, -0.25) is 9.89 Å². The van der Waals surface area contributed by atoms with Gasteiger partial charge in [0.1, 0.15) is 0 Å². The van der Waals surface area contributed by atoms with E-state index in [9.17, 15) is 0 Å². The van der Waals surface area contributed by atoms with Crippen LogP contribution in [0.25, 0.3) is 0 Å². The maximum Gasteiger partial charge on any atom is 0.193 e. The van der Waals surface area contributed by atoms with Crippen LogP contribution < -0.4 is 5.32 Å². The number of guanidine groups is 1. The molecule has 6 heteroatoms. The molecule has 0 radical (unpaired) electrons. The van der Waals surface area contributed by atoms with Crippen molar-refractivity contribution in [3.8, 4) is 0 Å². The minimum absolute atomic E-state index is 0.510. The Kier molecular flexibility index (Phi) is 6.92. The molecule has 0 aromatic rings. The highest BCUT2D eigenvalue weighted by molar-refractivity contribution is 5.79. The topological polar surface area (TPSA) is 43.3 Å². The first-order valence-corrected chi connectivity index (χ1v) is 8.56. The van der Waals surface area contributed by atoms with Crippen molar-refractivity contribution in [2.75, 3.05) is 73.6 Å². The summed E-state index contributed by atoms with van der Waals surface area (Å²) in [5.74, 6) is 1.66. The van der Waals surface area contributed by atoms with Gasteiger partial charge in [-0.05, 0) is 27.4 Å². The molecule has 22 heavy (non-hydrogen) atoms. The molecule has 2 unspecified atom stereocenters. The zero-order valence-electron chi connectivity index (χ0n) is 14.7. The van der Waals surface area contributed by atoms with Crippen LogP contribution in [0, 0.1) is 5.92 Å². The van der Waals surface area contributed by atoms with E-state index in [1.54, 1.807) is 0 Å². The SMILES string of the molecule is CCNC(=NCC1CN(C)CCN1C)N(C)CC1CCOC1. The van der Waals surface area contributed by atoms with E-state index in [4.69, 9.17) is 9.73 Å². The third-order valence-electron chi connectivity index (χ3n) is 4.68. The van der Waals surface area contributed by atoms with Gasteiger partial charge in [0.25, 0.3) is 0 Å². The predicted molar refractivity (Wildman–Crippen MR) is 91.4 cm³/mol. The summed E-state index contributed by atoms with van der Waals surface area (Å²) in [7, 11) is 6.54. The van der Waals surface area contributed by atoms with Crippen LogP contribution in [-0.2, 0) is 4.74 Å². The van der Waals surface area contributed by atoms with Crippen LogP contribution in [0.2, 0.25) is 0 Å². The standard InChI is InChI=1S/C16H33N5O/c1-5-17-16(21(4)11-14-6-9-22-13-14)18-10-15-12-19(2)7-8-20(15)3/h14-15H,5-13H2,1-4H3,(H,17,18). The third kappa shape index (κ3) is 5.11. The Morgan fingerprint density at radius 1 is 1.36 bits per heavy atom. The Morgan fingerprint density at radius 3 is 2.86 bits per heavy atom. The summed E-state index contributed by atoms with van der Waals surface area (Å²) in [5, 5.41) is 3.42. The molecule has 2 aliphatic heterocycles. The lowest BCUT2D eigenvalue weighted by Gasteiger charge is -2.37. The van der Waals surface area contributed by atoms with E-state index in [-0.39, 0.29) is 0 Å². The lowest BCUT2D eigenvalue weighted by atomic mass is 10.1. The molecule has 2 rings (SSSR count). The predicted octanol–water partition coefficient (Wildman–Crippen LogP) is 0.166. The van der Waals surface area contributed by atoms with E-state index in [0.29, 0.717) is 12.0 Å². The van der Waals surface area contributed by atoms with Gasteiger partial charge in [0, 0.05) is 58.3 Å². The number of likely N-dealkylation sites (N-methyl/N-ethyl adjacent to an activating group) is 2. The van der Waals surface area contributed by atoms with Crippen LogP contribution in [0.5, 0.6) is 0 Å². The summed E-state index contributed by atoms with van der Waals surface area (Å²) >= 11 is 0. The minimum atomic E-state index is 0.510. The number of nitrogens with one attached hydrogen (secondary N) is 1. The number of hydrogen-bond donors (Lipinski definition) is 1. The zero-order valence-corrected chi connectivity index (χ0v) is 14.7. The molecule has 0 aromatic carbocycles. The first kappa shape index (κ1) is 17.5. The average Bonchev–Trinajstić information content (AvgIpc) is 2.99. The Balaban J connectivity index is 1.90. The maximum absolute atomic E-state index is 5.48. The summed E-state index contributed by atoms with van der Waals surface area (Å²) in [6.07, 6.45) is 1.17. The van der Waals surface area contributed by atoms with Crippen LogP contribution in [-0.4, -0.2) is 100 Å². The fourth-order valence-corrected chi connectivity index (χ4v) is 3.16. The van der Waals surface area contributed by atoms with E-state index in [1.165, 1.54) is 6.42 Å². The second kappa shape index (κ2) is 8.70. The van der Waals surface area contributed by atoms with Crippen molar-refractivity contribution in [3.05, 3.63) is 0 Å². The molecule has 2 aliphatic rings. The fraction of sp³-hybridized carbons (Fsp3) is 0.938. The summed E-state index contributed by atoms with van der Waals surface area (Å²) in [5.41, 5.74) is 0. The quantitative estimate of drug-likeness (QED) is 0.579. The van der Waals surface area contributed by atoms with Crippen LogP contribution >= 0.6 is 0 Å². The number of nitrogens with zero attached hydrogens (tertiary/aromatic N) is 4. The molecule has 0 aliphatic carbocycles. The summed E-state index contributed by atoms with van der Waals surface area (Å²) in [4.78, 5) is 12.0. The number of aliphatic imine (C=N–C) groups is 1. The highest BCUT2D eigenvalue weighted by Crippen LogP contribution is 2.13. The first-order valence-electron chi connectivity index (χ1n) is 8.56. The molecule has 0 spiro atoms. The van der Waals surface area contributed by atoms with Crippen molar-refractivity contribution < 1.29 is 4.74 Å². The Hall–Kier alpha value is -0.850. The number of piperazine rings is 1. The highest BCUT2D eigenvalue weighted by Gasteiger charge is 2.23. The van der Waals surface area contributed by atoms with Crippen molar-refractivity contribution in [2.45, 2.75) is 19.4 Å². The maximum atomic E-state index is 5.48. The van der Waals surface area contributed by atoms with E-state index < -0.39 is 0 Å². The molecule has 1 N–H and O–H groups in total. The molecular weight excluding hydrogens is 278 g/mol. The Bertz CT molecular complexity index is 356. The summed E-state index contributed by atoms with van der Waals surface area (Å²) < 4.78 is 5.48. The van der Waals surface area contributed by atoms with Gasteiger partial charge in [-0.1, -0.05) is 0 Å². The van der Waals surface area contributed by atoms with E-state index in [2.05, 4.69) is 48.1 Å². The molecule has 2 saturated heterocycles. The molecule has 0 amide bonds. The summed E-state index contributed by atoms with van der Waals surface area (Å²) in [6, 6.07) is 0.510. The second-order valence-corrected chi connectivity index (χ2v) is 6.70. The van der Waals surface area contributed by atoms with Gasteiger partial charge in [-0.2, -0.15) is 0 Å². The first-order chi connectivity index (χ1) is 10.6. The number of rotatable bonds is 5. The smallest absolute Gasteiger partial charge is 0.193 e. The van der Waals surface area contributed by atoms with E-state index >= 15 is 0 Å². The molecule has 6 nitrogen and oxygen atoms in total. The second-order valence-electron chi connectivity index (χ2n) is 6.70. The average molecular weight is 311 g/mol. The van der Waals surface area contributed by atoms with Crippen molar-refractivity contribution >= 4 is 5.96 Å². The van der Waals surface area contributed by atoms with Gasteiger partial charge in [0.2, 0.25) is 0 Å². The Labute approximate surface area is 135 Å². The summed E-state index contributed by atoms with van der Waals surface area (Å²) in [6.45, 7) is 10.1. The van der Waals surface area contributed by atoms with Crippen LogP contribution in [0.15, 0.2) is 4.99 Å². The highest BCUT2D eigenvalue weighted by atomic mass is 16.5. The van der Waals surface area contributed by atoms with Crippen molar-refractivity contribution in [2.24, 2.45) is 10.9 Å². The van der Waals surface area contributed by atoms with Crippen molar-refractivity contribution in [1.29, 1.82) is 0 Å². The van der Waals surface area contributed by atoms with Crippen LogP contribution in [0.1, 0.15) is 13.3 Å². The molecular formula is C16H33N5O. The molecule has 2 heterocycles. The van der Waals surface area contributed by atoms with Crippen molar-refractivity contribution in [1.82, 2.24) is 20.0 Å². The van der Waals surface area contributed by atoms with Gasteiger partial charge in [0.15, 0.2) is 5.96 Å². The van der Waals surface area contributed by atoms with Gasteiger partial charge in [-0.15, -0.1) is 0 Å². The van der Waals surface area contributed by atoms with Gasteiger partial charge < -0.3 is 19.9 Å². The minimum Gasteiger partial charge on any atom is -0.381 e. The Morgan fingerprint density at radius 2 is 2.18 bits per heavy atom. The fourth-order valence-electron chi connectivity index (χ4n) is 3.16. The van der Waals surface area contributed by atoms with Crippen molar-refractivity contribution in [3.63, 3.8) is 0 Å². The van der Waals surface area contributed by atoms with E-state index in [1.807, 2.05) is 0 Å². The van der Waals surface area contributed by atoms with Gasteiger partial charge >= 0.3 is 0 Å². The van der Waals surface area contributed by atoms with Gasteiger partial charge in [-0.25, -0.2) is 0 Å². The lowest BCUT2D eigenvalue weighted by Crippen LogP contribution is -2.51. The van der Waals surface area contributed by atoms with Crippen LogP contribution in [0.4, 0.5) is 0 Å². The van der Waals surface area contributed by atoms with Gasteiger partial charge in [0.05, 0.1) is 13.2 Å². The molecule has 2 atom stereocenters. The molecule has 0 bridgehead atoms. The molecule has 2 fully saturated rings.